The molecule has 0 bridgehead atoms. The van der Waals surface area contributed by atoms with Gasteiger partial charge in [0.2, 0.25) is 0 Å². The molecule has 0 fully saturated rings. The van der Waals surface area contributed by atoms with Crippen LogP contribution in [0.5, 0.6) is 11.5 Å². The second-order valence-corrected chi connectivity index (χ2v) is 6.55. The molecular weight excluding hydrogens is 350 g/mol. The Kier molecular flexibility index (Phi) is 7.47. The summed E-state index contributed by atoms with van der Waals surface area (Å²) in [6.45, 7) is 4.17. The smallest absolute Gasteiger partial charge is 0.161 e. The third-order valence-electron chi connectivity index (χ3n) is 4.40. The Morgan fingerprint density at radius 3 is 2.25 bits per heavy atom. The molecule has 0 unspecified atom stereocenters. The molecule has 28 heavy (non-hydrogen) atoms. The molecule has 0 saturated carbocycles. The zero-order chi connectivity index (χ0) is 19.6. The Morgan fingerprint density at radius 1 is 0.821 bits per heavy atom. The molecule has 3 rings (SSSR count). The molecule has 0 aromatic heterocycles. The molecule has 0 aliphatic heterocycles. The quantitative estimate of drug-likeness (QED) is 0.547. The topological polar surface area (TPSA) is 50.7 Å². The lowest BCUT2D eigenvalue weighted by atomic mass is 10.1. The van der Waals surface area contributed by atoms with E-state index in [0.717, 1.165) is 28.2 Å². The molecule has 0 aliphatic rings. The molecule has 0 amide bonds. The van der Waals surface area contributed by atoms with E-state index in [-0.39, 0.29) is 0 Å². The molecule has 146 valence electrons. The first-order chi connectivity index (χ1) is 13.8. The second kappa shape index (κ2) is 10.5. The third-order valence-corrected chi connectivity index (χ3v) is 4.40. The number of hydrogen-bond acceptors (Lipinski definition) is 4. The van der Waals surface area contributed by atoms with Crippen molar-refractivity contribution in [1.82, 2.24) is 5.32 Å². The van der Waals surface area contributed by atoms with Gasteiger partial charge in [-0.2, -0.15) is 0 Å². The number of aliphatic hydroxyl groups excluding tert-OH is 1. The van der Waals surface area contributed by atoms with Crippen molar-refractivity contribution in [3.8, 4) is 11.5 Å². The van der Waals surface area contributed by atoms with Crippen molar-refractivity contribution in [2.45, 2.75) is 26.2 Å². The van der Waals surface area contributed by atoms with Crippen molar-refractivity contribution in [2.75, 3.05) is 13.2 Å². The summed E-state index contributed by atoms with van der Waals surface area (Å²) in [6, 6.07) is 25.7. The van der Waals surface area contributed by atoms with Crippen LogP contribution in [-0.4, -0.2) is 18.3 Å². The van der Waals surface area contributed by atoms with E-state index >= 15 is 0 Å². The van der Waals surface area contributed by atoms with Crippen LogP contribution in [0.3, 0.4) is 0 Å². The summed E-state index contributed by atoms with van der Waals surface area (Å²) in [5.41, 5.74) is 3.11. The highest BCUT2D eigenvalue weighted by molar-refractivity contribution is 5.43. The molecule has 3 aromatic carbocycles. The minimum Gasteiger partial charge on any atom is -0.490 e. The highest BCUT2D eigenvalue weighted by Gasteiger charge is 2.09. The summed E-state index contributed by atoms with van der Waals surface area (Å²) in [5.74, 6) is 1.47. The van der Waals surface area contributed by atoms with E-state index in [2.05, 4.69) is 5.32 Å². The average molecular weight is 377 g/mol. The van der Waals surface area contributed by atoms with Crippen molar-refractivity contribution in [1.29, 1.82) is 0 Å². The summed E-state index contributed by atoms with van der Waals surface area (Å²) >= 11 is 0. The van der Waals surface area contributed by atoms with Crippen LogP contribution in [-0.2, 0) is 13.2 Å². The first kappa shape index (κ1) is 19.9. The van der Waals surface area contributed by atoms with Crippen LogP contribution < -0.4 is 14.8 Å². The van der Waals surface area contributed by atoms with E-state index in [4.69, 9.17) is 9.47 Å². The molecule has 1 atom stereocenters. The molecule has 0 spiro atoms. The van der Waals surface area contributed by atoms with Gasteiger partial charge in [0.05, 0.1) is 12.7 Å². The summed E-state index contributed by atoms with van der Waals surface area (Å²) in [4.78, 5) is 0. The van der Waals surface area contributed by atoms with Crippen LogP contribution in [0.1, 0.15) is 29.7 Å². The minimum atomic E-state index is -0.527. The van der Waals surface area contributed by atoms with Crippen LogP contribution in [0.2, 0.25) is 0 Å². The maximum Gasteiger partial charge on any atom is 0.161 e. The standard InChI is InChI=1S/C24H27NO3/c1-2-27-24-15-20(16-25-17-22(26)21-11-7-4-8-12-21)13-14-23(24)28-18-19-9-5-3-6-10-19/h3-15,22,25-26H,2,16-18H2,1H3/t22-/m1/s1. The van der Waals surface area contributed by atoms with Crippen LogP contribution in [0.4, 0.5) is 0 Å². The first-order valence-electron chi connectivity index (χ1n) is 9.62. The highest BCUT2D eigenvalue weighted by Crippen LogP contribution is 2.29. The van der Waals surface area contributed by atoms with Gasteiger partial charge in [-0.1, -0.05) is 66.7 Å². The van der Waals surface area contributed by atoms with Gasteiger partial charge < -0.3 is 19.9 Å². The lowest BCUT2D eigenvalue weighted by molar-refractivity contribution is 0.174. The average Bonchev–Trinajstić information content (AvgIpc) is 2.75. The normalized spacial score (nSPS) is 11.8. The number of aliphatic hydroxyl groups is 1. The van der Waals surface area contributed by atoms with Crippen LogP contribution in [0, 0.1) is 0 Å². The van der Waals surface area contributed by atoms with E-state index in [1.165, 1.54) is 0 Å². The molecule has 0 saturated heterocycles. The fourth-order valence-electron chi connectivity index (χ4n) is 2.93. The predicted molar refractivity (Wildman–Crippen MR) is 111 cm³/mol. The lowest BCUT2D eigenvalue weighted by Gasteiger charge is -2.15. The first-order valence-corrected chi connectivity index (χ1v) is 9.62. The van der Waals surface area contributed by atoms with Gasteiger partial charge in [0, 0.05) is 13.1 Å². The largest absolute Gasteiger partial charge is 0.490 e. The molecular formula is C24H27NO3. The van der Waals surface area contributed by atoms with E-state index < -0.39 is 6.10 Å². The van der Waals surface area contributed by atoms with Crippen molar-refractivity contribution < 1.29 is 14.6 Å². The maximum absolute atomic E-state index is 10.3. The molecule has 0 radical (unpaired) electrons. The van der Waals surface area contributed by atoms with Gasteiger partial charge in [-0.15, -0.1) is 0 Å². The van der Waals surface area contributed by atoms with E-state index in [1.54, 1.807) is 0 Å². The zero-order valence-corrected chi connectivity index (χ0v) is 16.2. The van der Waals surface area contributed by atoms with Gasteiger partial charge in [-0.25, -0.2) is 0 Å². The van der Waals surface area contributed by atoms with Crippen molar-refractivity contribution in [3.63, 3.8) is 0 Å². The van der Waals surface area contributed by atoms with Crippen molar-refractivity contribution in [3.05, 3.63) is 95.6 Å². The van der Waals surface area contributed by atoms with Gasteiger partial charge in [-0.05, 0) is 35.7 Å². The van der Waals surface area contributed by atoms with Crippen LogP contribution in [0.15, 0.2) is 78.9 Å². The van der Waals surface area contributed by atoms with E-state index in [9.17, 15) is 5.11 Å². The fraction of sp³-hybridized carbons (Fsp3) is 0.250. The summed E-state index contributed by atoms with van der Waals surface area (Å²) < 4.78 is 11.7. The molecule has 2 N–H and O–H groups in total. The Bertz CT molecular complexity index is 837. The Labute approximate surface area is 166 Å². The van der Waals surface area contributed by atoms with E-state index in [1.807, 2.05) is 85.8 Å². The lowest BCUT2D eigenvalue weighted by Crippen LogP contribution is -2.21. The van der Waals surface area contributed by atoms with Gasteiger partial charge in [0.1, 0.15) is 6.61 Å². The molecule has 4 heteroatoms. The number of benzene rings is 3. The monoisotopic (exact) mass is 377 g/mol. The fourth-order valence-corrected chi connectivity index (χ4v) is 2.93. The summed E-state index contributed by atoms with van der Waals surface area (Å²) in [5, 5.41) is 13.6. The second-order valence-electron chi connectivity index (χ2n) is 6.55. The minimum absolute atomic E-state index is 0.486. The summed E-state index contributed by atoms with van der Waals surface area (Å²) in [6.07, 6.45) is -0.527. The van der Waals surface area contributed by atoms with Gasteiger partial charge in [-0.3, -0.25) is 0 Å². The molecule has 0 aliphatic carbocycles. The maximum atomic E-state index is 10.3. The van der Waals surface area contributed by atoms with E-state index in [0.29, 0.717) is 26.3 Å². The van der Waals surface area contributed by atoms with Crippen molar-refractivity contribution >= 4 is 0 Å². The number of ether oxygens (including phenoxy) is 2. The predicted octanol–water partition coefficient (Wildman–Crippen LogP) is 4.49. The van der Waals surface area contributed by atoms with Crippen LogP contribution in [0.25, 0.3) is 0 Å². The van der Waals surface area contributed by atoms with Gasteiger partial charge in [0.25, 0.3) is 0 Å². The number of nitrogens with one attached hydrogen (secondary N) is 1. The zero-order valence-electron chi connectivity index (χ0n) is 16.2. The Morgan fingerprint density at radius 2 is 1.54 bits per heavy atom. The molecule has 3 aromatic rings. The molecule has 4 nitrogen and oxygen atoms in total. The van der Waals surface area contributed by atoms with Gasteiger partial charge in [0.15, 0.2) is 11.5 Å². The molecule has 0 heterocycles. The Hall–Kier alpha value is -2.82. The SMILES string of the molecule is CCOc1cc(CNC[C@@H](O)c2ccccc2)ccc1OCc1ccccc1. The number of hydrogen-bond donors (Lipinski definition) is 2. The van der Waals surface area contributed by atoms with Crippen LogP contribution >= 0.6 is 0 Å². The third kappa shape index (κ3) is 5.84. The number of rotatable bonds is 10. The Balaban J connectivity index is 1.57. The highest BCUT2D eigenvalue weighted by atomic mass is 16.5. The van der Waals surface area contributed by atoms with Crippen molar-refractivity contribution in [2.24, 2.45) is 0 Å². The van der Waals surface area contributed by atoms with Gasteiger partial charge >= 0.3 is 0 Å². The summed E-state index contributed by atoms with van der Waals surface area (Å²) in [7, 11) is 0.